The molecule has 0 fully saturated rings. The molecular weight excluding hydrogens is 225 g/mol. The standard InChI is InChI=1S/C12H12FNO3/c1-12(2,13)9-4-11-10(16-7-17-11)3-8(9)5-14-6-15/h3-4H,5,7H2,1-2H3. The second kappa shape index (κ2) is 4.18. The minimum absolute atomic E-state index is 0.0861. The van der Waals surface area contributed by atoms with E-state index in [0.717, 1.165) is 0 Å². The van der Waals surface area contributed by atoms with Gasteiger partial charge in [0.05, 0.1) is 6.54 Å². The van der Waals surface area contributed by atoms with Gasteiger partial charge in [-0.25, -0.2) is 14.2 Å². The van der Waals surface area contributed by atoms with Crippen molar-refractivity contribution in [2.45, 2.75) is 26.1 Å². The molecule has 0 spiro atoms. The Balaban J connectivity index is 2.50. The first kappa shape index (κ1) is 11.6. The summed E-state index contributed by atoms with van der Waals surface area (Å²) in [5, 5.41) is 0. The molecule has 0 saturated carbocycles. The van der Waals surface area contributed by atoms with Crippen molar-refractivity contribution in [2.24, 2.45) is 4.99 Å². The normalized spacial score (nSPS) is 13.4. The number of hydrogen-bond acceptors (Lipinski definition) is 4. The molecule has 1 aliphatic heterocycles. The second-order valence-electron chi connectivity index (χ2n) is 4.24. The van der Waals surface area contributed by atoms with E-state index in [1.807, 2.05) is 0 Å². The van der Waals surface area contributed by atoms with Crippen LogP contribution in [0.15, 0.2) is 17.1 Å². The third-order valence-electron chi connectivity index (χ3n) is 2.55. The molecule has 1 aromatic carbocycles. The summed E-state index contributed by atoms with van der Waals surface area (Å²) in [6.07, 6.45) is 1.44. The Morgan fingerprint density at radius 1 is 1.41 bits per heavy atom. The van der Waals surface area contributed by atoms with Gasteiger partial charge >= 0.3 is 0 Å². The monoisotopic (exact) mass is 237 g/mol. The molecule has 1 aliphatic rings. The van der Waals surface area contributed by atoms with Crippen LogP contribution in [0, 0.1) is 0 Å². The predicted molar refractivity (Wildman–Crippen MR) is 58.5 cm³/mol. The van der Waals surface area contributed by atoms with Gasteiger partial charge in [-0.3, -0.25) is 0 Å². The zero-order chi connectivity index (χ0) is 12.5. The summed E-state index contributed by atoms with van der Waals surface area (Å²) in [7, 11) is 0. The van der Waals surface area contributed by atoms with Gasteiger partial charge in [0.25, 0.3) is 0 Å². The number of carbonyl (C=O) groups excluding carboxylic acids is 1. The van der Waals surface area contributed by atoms with Crippen molar-refractivity contribution < 1.29 is 18.7 Å². The van der Waals surface area contributed by atoms with Crippen molar-refractivity contribution in [1.82, 2.24) is 0 Å². The summed E-state index contributed by atoms with van der Waals surface area (Å²) in [5.74, 6) is 1.07. The lowest BCUT2D eigenvalue weighted by atomic mass is 9.94. The molecule has 0 N–H and O–H groups in total. The zero-order valence-electron chi connectivity index (χ0n) is 9.62. The zero-order valence-corrected chi connectivity index (χ0v) is 9.62. The van der Waals surface area contributed by atoms with Crippen LogP contribution in [0.4, 0.5) is 4.39 Å². The highest BCUT2D eigenvalue weighted by molar-refractivity contribution is 5.50. The van der Waals surface area contributed by atoms with Crippen molar-refractivity contribution in [3.63, 3.8) is 0 Å². The average Bonchev–Trinajstić information content (AvgIpc) is 2.70. The fraction of sp³-hybridized carbons (Fsp3) is 0.417. The minimum Gasteiger partial charge on any atom is -0.454 e. The SMILES string of the molecule is CC(C)(F)c1cc2c(cc1CN=C=O)OCO2. The summed E-state index contributed by atoms with van der Waals surface area (Å²) in [6.45, 7) is 3.10. The smallest absolute Gasteiger partial charge is 0.235 e. The Labute approximate surface area is 98.1 Å². The van der Waals surface area contributed by atoms with Crippen molar-refractivity contribution in [3.8, 4) is 11.5 Å². The number of ether oxygens (including phenoxy) is 2. The van der Waals surface area contributed by atoms with E-state index in [2.05, 4.69) is 4.99 Å². The van der Waals surface area contributed by atoms with Crippen LogP contribution in [-0.2, 0) is 17.0 Å². The first-order chi connectivity index (χ1) is 8.02. The Bertz CT molecular complexity index is 487. The summed E-state index contributed by atoms with van der Waals surface area (Å²) < 4.78 is 24.4. The molecule has 0 radical (unpaired) electrons. The summed E-state index contributed by atoms with van der Waals surface area (Å²) in [4.78, 5) is 13.6. The van der Waals surface area contributed by atoms with Crippen LogP contribution in [0.25, 0.3) is 0 Å². The summed E-state index contributed by atoms with van der Waals surface area (Å²) in [6, 6.07) is 3.25. The molecule has 2 rings (SSSR count). The first-order valence-corrected chi connectivity index (χ1v) is 5.18. The van der Waals surface area contributed by atoms with Gasteiger partial charge in [0.2, 0.25) is 12.9 Å². The molecule has 90 valence electrons. The van der Waals surface area contributed by atoms with Crippen LogP contribution in [0.5, 0.6) is 11.5 Å². The van der Waals surface area contributed by atoms with Crippen LogP contribution >= 0.6 is 0 Å². The lowest BCUT2D eigenvalue weighted by Gasteiger charge is -2.18. The molecule has 0 aliphatic carbocycles. The van der Waals surface area contributed by atoms with Crippen LogP contribution < -0.4 is 9.47 Å². The number of isocyanates is 1. The minimum atomic E-state index is -1.53. The van der Waals surface area contributed by atoms with E-state index >= 15 is 0 Å². The number of aliphatic imine (C=N–C) groups is 1. The van der Waals surface area contributed by atoms with E-state index in [9.17, 15) is 9.18 Å². The highest BCUT2D eigenvalue weighted by Gasteiger charge is 2.26. The largest absolute Gasteiger partial charge is 0.454 e. The Morgan fingerprint density at radius 3 is 2.65 bits per heavy atom. The van der Waals surface area contributed by atoms with Crippen molar-refractivity contribution >= 4 is 6.08 Å². The van der Waals surface area contributed by atoms with Gasteiger partial charge in [0, 0.05) is 0 Å². The van der Waals surface area contributed by atoms with E-state index in [0.29, 0.717) is 22.6 Å². The second-order valence-corrected chi connectivity index (χ2v) is 4.24. The topological polar surface area (TPSA) is 47.9 Å². The van der Waals surface area contributed by atoms with Gasteiger partial charge in [0.1, 0.15) is 5.67 Å². The maximum absolute atomic E-state index is 14.0. The lowest BCUT2D eigenvalue weighted by Crippen LogP contribution is -2.12. The highest BCUT2D eigenvalue weighted by Crippen LogP contribution is 2.39. The summed E-state index contributed by atoms with van der Waals surface area (Å²) >= 11 is 0. The molecule has 5 heteroatoms. The van der Waals surface area contributed by atoms with Crippen LogP contribution in [-0.4, -0.2) is 12.9 Å². The molecule has 1 heterocycles. The third kappa shape index (κ3) is 2.29. The third-order valence-corrected chi connectivity index (χ3v) is 2.55. The van der Waals surface area contributed by atoms with Crippen molar-refractivity contribution in [2.75, 3.05) is 6.79 Å². The van der Waals surface area contributed by atoms with Crippen LogP contribution in [0.1, 0.15) is 25.0 Å². The molecule has 4 nitrogen and oxygen atoms in total. The summed E-state index contributed by atoms with van der Waals surface area (Å²) in [5.41, 5.74) is -0.486. The molecule has 0 amide bonds. The Hall–Kier alpha value is -1.87. The maximum Gasteiger partial charge on any atom is 0.235 e. The highest BCUT2D eigenvalue weighted by atomic mass is 19.1. The number of rotatable bonds is 3. The molecule has 1 aromatic rings. The van der Waals surface area contributed by atoms with Gasteiger partial charge in [-0.2, -0.15) is 0 Å². The van der Waals surface area contributed by atoms with Crippen LogP contribution in [0.2, 0.25) is 0 Å². The van der Waals surface area contributed by atoms with Crippen molar-refractivity contribution in [3.05, 3.63) is 23.3 Å². The van der Waals surface area contributed by atoms with Crippen molar-refractivity contribution in [1.29, 1.82) is 0 Å². The van der Waals surface area contributed by atoms with E-state index in [1.54, 1.807) is 12.1 Å². The maximum atomic E-state index is 14.0. The van der Waals surface area contributed by atoms with E-state index in [1.165, 1.54) is 19.9 Å². The lowest BCUT2D eigenvalue weighted by molar-refractivity contribution is 0.173. The molecule has 0 aromatic heterocycles. The molecule has 17 heavy (non-hydrogen) atoms. The molecular formula is C12H12FNO3. The van der Waals surface area contributed by atoms with Gasteiger partial charge in [-0.05, 0) is 37.1 Å². The van der Waals surface area contributed by atoms with E-state index < -0.39 is 5.67 Å². The molecule has 0 atom stereocenters. The van der Waals surface area contributed by atoms with E-state index in [-0.39, 0.29) is 13.3 Å². The quantitative estimate of drug-likeness (QED) is 0.599. The van der Waals surface area contributed by atoms with Gasteiger partial charge in [0.15, 0.2) is 11.5 Å². The average molecular weight is 237 g/mol. The number of halogens is 1. The molecule has 0 unspecified atom stereocenters. The number of benzene rings is 1. The fourth-order valence-corrected chi connectivity index (χ4v) is 1.79. The van der Waals surface area contributed by atoms with Gasteiger partial charge in [-0.15, -0.1) is 0 Å². The number of hydrogen-bond donors (Lipinski definition) is 0. The molecule has 0 bridgehead atoms. The van der Waals surface area contributed by atoms with Gasteiger partial charge in [-0.1, -0.05) is 0 Å². The molecule has 0 saturated heterocycles. The number of fused-ring (bicyclic) bond motifs is 1. The first-order valence-electron chi connectivity index (χ1n) is 5.18. The Kier molecular flexibility index (Phi) is 2.86. The number of nitrogens with zero attached hydrogens (tertiary/aromatic N) is 1. The van der Waals surface area contributed by atoms with Crippen LogP contribution in [0.3, 0.4) is 0 Å². The Morgan fingerprint density at radius 2 is 2.06 bits per heavy atom. The predicted octanol–water partition coefficient (Wildman–Crippen LogP) is 2.46. The van der Waals surface area contributed by atoms with E-state index in [4.69, 9.17) is 9.47 Å². The van der Waals surface area contributed by atoms with Gasteiger partial charge < -0.3 is 9.47 Å². The number of alkyl halides is 1. The fourth-order valence-electron chi connectivity index (χ4n) is 1.79.